The number of carbonyl (C=O) groups is 1. The van der Waals surface area contributed by atoms with Gasteiger partial charge in [-0.2, -0.15) is 0 Å². The summed E-state index contributed by atoms with van der Waals surface area (Å²) in [6.07, 6.45) is -2.61. The van der Waals surface area contributed by atoms with Crippen molar-refractivity contribution in [3.63, 3.8) is 0 Å². The Morgan fingerprint density at radius 3 is 2.67 bits per heavy atom. The van der Waals surface area contributed by atoms with Gasteiger partial charge in [0.15, 0.2) is 0 Å². The zero-order chi connectivity index (χ0) is 13.7. The van der Waals surface area contributed by atoms with Crippen molar-refractivity contribution < 1.29 is 18.7 Å². The second-order valence-electron chi connectivity index (χ2n) is 3.49. The molecule has 0 atom stereocenters. The van der Waals surface area contributed by atoms with E-state index in [1.165, 1.54) is 12.1 Å². The van der Waals surface area contributed by atoms with Gasteiger partial charge in [-0.05, 0) is 18.2 Å². The molecule has 0 fully saturated rings. The molecule has 0 heterocycles. The van der Waals surface area contributed by atoms with Gasteiger partial charge >= 0.3 is 0 Å². The van der Waals surface area contributed by atoms with Crippen LogP contribution in [0.1, 0.15) is 10.4 Å². The Hall–Kier alpha value is -0.690. The lowest BCUT2D eigenvalue weighted by Gasteiger charge is -2.21. The summed E-state index contributed by atoms with van der Waals surface area (Å²) in [4.78, 5) is 13.0. The first-order valence-corrected chi connectivity index (χ1v) is 6.99. The molecule has 1 N–H and O–H groups in total. The largest absolute Gasteiger partial charge is 0.507 e. The molecule has 0 aliphatic carbocycles. The summed E-state index contributed by atoms with van der Waals surface area (Å²) >= 11 is 6.27. The van der Waals surface area contributed by atoms with Gasteiger partial charge < -0.3 is 10.0 Å². The van der Waals surface area contributed by atoms with E-state index in [0.717, 1.165) is 4.90 Å². The van der Waals surface area contributed by atoms with Crippen LogP contribution < -0.4 is 0 Å². The molecule has 0 saturated heterocycles. The van der Waals surface area contributed by atoms with Crippen LogP contribution in [0.3, 0.4) is 0 Å². The molecule has 0 radical (unpaired) electrons. The zero-order valence-electron chi connectivity index (χ0n) is 9.25. The van der Waals surface area contributed by atoms with Crippen molar-refractivity contribution in [2.45, 2.75) is 6.43 Å². The fraction of sp³-hybridized carbons (Fsp3) is 0.364. The zero-order valence-corrected chi connectivity index (χ0v) is 12.4. The van der Waals surface area contributed by atoms with Gasteiger partial charge in [-0.25, -0.2) is 8.78 Å². The van der Waals surface area contributed by atoms with Gasteiger partial charge in [-0.15, -0.1) is 0 Å². The smallest absolute Gasteiger partial charge is 0.257 e. The third-order valence-corrected chi connectivity index (χ3v) is 3.04. The highest BCUT2D eigenvalue weighted by Gasteiger charge is 2.21. The van der Waals surface area contributed by atoms with E-state index >= 15 is 0 Å². The van der Waals surface area contributed by atoms with Gasteiger partial charge in [-0.1, -0.05) is 31.9 Å². The summed E-state index contributed by atoms with van der Waals surface area (Å²) in [6, 6.07) is 4.31. The normalized spacial score (nSPS) is 10.7. The van der Waals surface area contributed by atoms with Crippen molar-refractivity contribution in [3.8, 4) is 5.75 Å². The van der Waals surface area contributed by atoms with Crippen LogP contribution in [0.5, 0.6) is 5.75 Å². The van der Waals surface area contributed by atoms with Crippen molar-refractivity contribution in [3.05, 3.63) is 28.2 Å². The maximum Gasteiger partial charge on any atom is 0.257 e. The average Bonchev–Trinajstić information content (AvgIpc) is 2.30. The van der Waals surface area contributed by atoms with Gasteiger partial charge in [0, 0.05) is 16.3 Å². The minimum Gasteiger partial charge on any atom is -0.507 e. The van der Waals surface area contributed by atoms with E-state index in [1.807, 2.05) is 0 Å². The van der Waals surface area contributed by atoms with E-state index in [1.54, 1.807) is 6.07 Å². The Balaban J connectivity index is 2.97. The molecule has 0 aromatic heterocycles. The summed E-state index contributed by atoms with van der Waals surface area (Å²) in [5.74, 6) is -0.842. The number of phenolic OH excluding ortho intramolecular Hbond substituents is 1. The molecule has 0 unspecified atom stereocenters. The predicted molar refractivity (Wildman–Crippen MR) is 71.5 cm³/mol. The summed E-state index contributed by atoms with van der Waals surface area (Å²) in [6.45, 7) is -0.508. The summed E-state index contributed by atoms with van der Waals surface area (Å²) in [5.41, 5.74) is 0.00553. The number of carbonyl (C=O) groups excluding carboxylic acids is 1. The number of phenols is 1. The van der Waals surface area contributed by atoms with Gasteiger partial charge in [0.05, 0.1) is 12.1 Å². The SMILES string of the molecule is O=C(c1cc(Br)ccc1O)N(CCBr)CC(F)F. The van der Waals surface area contributed by atoms with Gasteiger partial charge in [0.1, 0.15) is 5.75 Å². The van der Waals surface area contributed by atoms with Crippen molar-refractivity contribution >= 4 is 37.8 Å². The van der Waals surface area contributed by atoms with E-state index in [4.69, 9.17) is 0 Å². The number of hydrogen-bond acceptors (Lipinski definition) is 2. The summed E-state index contributed by atoms with van der Waals surface area (Å²) < 4.78 is 25.4. The fourth-order valence-electron chi connectivity index (χ4n) is 1.39. The minimum absolute atomic E-state index is 0.00553. The molecule has 0 spiro atoms. The molecule has 100 valence electrons. The molecule has 1 aromatic carbocycles. The Morgan fingerprint density at radius 2 is 2.11 bits per heavy atom. The second kappa shape index (κ2) is 7.04. The van der Waals surface area contributed by atoms with Crippen molar-refractivity contribution in [1.82, 2.24) is 4.90 Å². The Labute approximate surface area is 120 Å². The molecule has 7 heteroatoms. The third kappa shape index (κ3) is 4.20. The molecular weight excluding hydrogens is 376 g/mol. The third-order valence-electron chi connectivity index (χ3n) is 2.19. The molecular formula is C11H11Br2F2NO2. The van der Waals surface area contributed by atoms with Crippen molar-refractivity contribution in [2.75, 3.05) is 18.4 Å². The number of hydrogen-bond donors (Lipinski definition) is 1. The number of rotatable bonds is 5. The lowest BCUT2D eigenvalue weighted by Crippen LogP contribution is -2.36. The molecule has 1 aromatic rings. The molecule has 18 heavy (non-hydrogen) atoms. The number of aromatic hydroxyl groups is 1. The number of halogens is 4. The maximum absolute atomic E-state index is 12.4. The van der Waals surface area contributed by atoms with Gasteiger partial charge in [-0.3, -0.25) is 4.79 Å². The standard InChI is InChI=1S/C11H11Br2F2NO2/c12-3-4-16(6-10(14)15)11(18)8-5-7(13)1-2-9(8)17/h1-2,5,10,17H,3-4,6H2. The molecule has 0 saturated carbocycles. The first-order valence-electron chi connectivity index (χ1n) is 5.07. The first kappa shape index (κ1) is 15.4. The highest BCUT2D eigenvalue weighted by atomic mass is 79.9. The Bertz CT molecular complexity index is 430. The fourth-order valence-corrected chi connectivity index (χ4v) is 2.18. The van der Waals surface area contributed by atoms with Crippen LogP contribution in [-0.4, -0.2) is 40.8 Å². The topological polar surface area (TPSA) is 40.5 Å². The van der Waals surface area contributed by atoms with Crippen LogP contribution in [0.4, 0.5) is 8.78 Å². The van der Waals surface area contributed by atoms with E-state index in [-0.39, 0.29) is 17.9 Å². The minimum atomic E-state index is -2.61. The second-order valence-corrected chi connectivity index (χ2v) is 5.20. The van der Waals surface area contributed by atoms with E-state index < -0.39 is 18.9 Å². The molecule has 1 rings (SSSR count). The van der Waals surface area contributed by atoms with Crippen molar-refractivity contribution in [1.29, 1.82) is 0 Å². The van der Waals surface area contributed by atoms with Crippen LogP contribution in [0.25, 0.3) is 0 Å². The lowest BCUT2D eigenvalue weighted by atomic mass is 10.1. The van der Waals surface area contributed by atoms with E-state index in [9.17, 15) is 18.7 Å². The molecule has 3 nitrogen and oxygen atoms in total. The van der Waals surface area contributed by atoms with Crippen molar-refractivity contribution in [2.24, 2.45) is 0 Å². The number of benzene rings is 1. The van der Waals surface area contributed by atoms with Gasteiger partial charge in [0.2, 0.25) is 0 Å². The van der Waals surface area contributed by atoms with Crippen LogP contribution in [0, 0.1) is 0 Å². The van der Waals surface area contributed by atoms with Crippen LogP contribution in [0.15, 0.2) is 22.7 Å². The molecule has 0 aliphatic heterocycles. The lowest BCUT2D eigenvalue weighted by molar-refractivity contribution is 0.0570. The quantitative estimate of drug-likeness (QED) is 0.789. The maximum atomic E-state index is 12.4. The number of nitrogens with zero attached hydrogens (tertiary/aromatic N) is 1. The Morgan fingerprint density at radius 1 is 1.44 bits per heavy atom. The van der Waals surface area contributed by atoms with E-state index in [0.29, 0.717) is 9.80 Å². The highest BCUT2D eigenvalue weighted by molar-refractivity contribution is 9.10. The van der Waals surface area contributed by atoms with E-state index in [2.05, 4.69) is 31.9 Å². The van der Waals surface area contributed by atoms with Crippen LogP contribution in [-0.2, 0) is 0 Å². The number of amides is 1. The average molecular weight is 387 g/mol. The first-order chi connectivity index (χ1) is 8.45. The predicted octanol–water partition coefficient (Wildman–Crippen LogP) is 3.26. The Kier molecular flexibility index (Phi) is 6.01. The number of alkyl halides is 3. The summed E-state index contributed by atoms with van der Waals surface area (Å²) in [5, 5.41) is 9.98. The van der Waals surface area contributed by atoms with Crippen LogP contribution in [0.2, 0.25) is 0 Å². The van der Waals surface area contributed by atoms with Crippen LogP contribution >= 0.6 is 31.9 Å². The molecule has 1 amide bonds. The summed E-state index contributed by atoms with van der Waals surface area (Å²) in [7, 11) is 0. The monoisotopic (exact) mass is 385 g/mol. The molecule has 0 bridgehead atoms. The highest BCUT2D eigenvalue weighted by Crippen LogP contribution is 2.23. The molecule has 0 aliphatic rings. The van der Waals surface area contributed by atoms with Gasteiger partial charge in [0.25, 0.3) is 12.3 Å².